The van der Waals surface area contributed by atoms with Crippen LogP contribution < -0.4 is 0 Å². The van der Waals surface area contributed by atoms with Crippen molar-refractivity contribution in [3.8, 4) is 0 Å². The van der Waals surface area contributed by atoms with Crippen molar-refractivity contribution in [1.82, 2.24) is 4.90 Å². The summed E-state index contributed by atoms with van der Waals surface area (Å²) in [5.41, 5.74) is 1.59. The van der Waals surface area contributed by atoms with Gasteiger partial charge in [0.15, 0.2) is 0 Å². The fourth-order valence-corrected chi connectivity index (χ4v) is 10.5. The molecule has 3 heterocycles. The van der Waals surface area contributed by atoms with Crippen LogP contribution in [-0.4, -0.2) is 132 Å². The highest BCUT2D eigenvalue weighted by Gasteiger charge is 2.56. The molecule has 0 aromatic rings. The van der Waals surface area contributed by atoms with E-state index in [1.807, 2.05) is 32.9 Å². The first-order valence-electron chi connectivity index (χ1n) is 23.4. The molecule has 14 nitrogen and oxygen atoms in total. The third kappa shape index (κ3) is 13.9. The Morgan fingerprint density at radius 1 is 0.953 bits per heavy atom. The van der Waals surface area contributed by atoms with Crippen LogP contribution in [0, 0.1) is 29.6 Å². The van der Waals surface area contributed by atoms with Crippen LogP contribution in [0.3, 0.4) is 0 Å². The second-order valence-corrected chi connectivity index (χ2v) is 19.7. The van der Waals surface area contributed by atoms with Gasteiger partial charge < -0.3 is 43.5 Å². The number of piperidine rings is 1. The first kappa shape index (κ1) is 53.8. The number of hydrogen-bond donors (Lipinski definition) is 2. The summed E-state index contributed by atoms with van der Waals surface area (Å²) in [5, 5.41) is 24.8. The monoisotopic (exact) mass is 965 g/mol. The molecular weight excluding hydrogens is 890 g/mol. The zero-order valence-corrected chi connectivity index (χ0v) is 41.1. The molecular formula is C49H76BrNO13. The number of methoxy groups -OCH3 is 3. The van der Waals surface area contributed by atoms with Crippen molar-refractivity contribution < 1.29 is 62.6 Å². The number of ketones is 2. The lowest BCUT2D eigenvalue weighted by atomic mass is 9.81. The number of hydrogen-bond acceptors (Lipinski definition) is 13. The van der Waals surface area contributed by atoms with Gasteiger partial charge in [-0.1, -0.05) is 60.5 Å². The number of halogens is 1. The number of fused-ring (bicyclic) bond motifs is 3. The maximum absolute atomic E-state index is 14.5. The Balaban J connectivity index is 1.72. The number of cyclic esters (lactones) is 1. The average molecular weight is 967 g/mol. The number of aliphatic hydroxyl groups is 2. The quantitative estimate of drug-likeness (QED) is 0.0689. The smallest absolute Gasteiger partial charge is 0.329 e. The van der Waals surface area contributed by atoms with Crippen LogP contribution in [0.4, 0.5) is 0 Å². The van der Waals surface area contributed by atoms with E-state index < -0.39 is 83.9 Å². The highest BCUT2D eigenvalue weighted by molar-refractivity contribution is 9.09. The molecule has 4 aliphatic rings. The number of amides is 1. The van der Waals surface area contributed by atoms with Gasteiger partial charge in [0.1, 0.15) is 30.1 Å². The molecule has 1 amide bonds. The minimum Gasteiger partial charge on any atom is -0.460 e. The van der Waals surface area contributed by atoms with Gasteiger partial charge in [-0.3, -0.25) is 19.2 Å². The van der Waals surface area contributed by atoms with Gasteiger partial charge in [-0.15, -0.1) is 6.58 Å². The van der Waals surface area contributed by atoms with Gasteiger partial charge in [-0.25, -0.2) is 4.79 Å². The molecule has 14 atom stereocenters. The van der Waals surface area contributed by atoms with Gasteiger partial charge in [-0.05, 0) is 108 Å². The summed E-state index contributed by atoms with van der Waals surface area (Å²) >= 11 is 3.39. The van der Waals surface area contributed by atoms with E-state index in [9.17, 15) is 34.2 Å². The van der Waals surface area contributed by atoms with Crippen molar-refractivity contribution in [2.75, 3.05) is 33.2 Å². The topological polar surface area (TPSA) is 184 Å². The van der Waals surface area contributed by atoms with Gasteiger partial charge in [0.25, 0.3) is 11.7 Å². The molecule has 2 saturated heterocycles. The standard InChI is InChI=1S/C49H76BrNO13/c1-10-15-35-23-29(2)22-30(3)24-41(60-8)45-42(61-9)26-32(5)49(58,64-45)46(55)47(56)51-21-14-12-16-36(51)48(57)63-44(33(6)37(52)28-38(35)53)31(4)25-34-18-19-39(40(27-34)59-7)62-43(54)17-11-13-20-50/h10,23,25,30,32-37,39-42,44-45,52,58H,1,11-22,24,26-28H2,2-9H3/b29-23+,31-25+/t30-,32?,33+,34?,35?,36?,37-,39+,40?,41-,42?,44+,45-,49?/m0/s1. The number of Topliss-reactive ketones (excluding diaryl/α,β-unsaturated/α-hetero) is 2. The van der Waals surface area contributed by atoms with E-state index in [1.165, 1.54) is 19.1 Å². The molecule has 0 spiro atoms. The zero-order valence-electron chi connectivity index (χ0n) is 39.5. The van der Waals surface area contributed by atoms with Crippen LogP contribution >= 0.6 is 15.9 Å². The molecule has 362 valence electrons. The normalized spacial score (nSPS) is 37.7. The van der Waals surface area contributed by atoms with Gasteiger partial charge >= 0.3 is 11.9 Å². The lowest BCUT2D eigenvalue weighted by Gasteiger charge is -2.47. The zero-order chi connectivity index (χ0) is 47.3. The van der Waals surface area contributed by atoms with Crippen LogP contribution in [-0.2, 0) is 52.4 Å². The van der Waals surface area contributed by atoms with Crippen LogP contribution in [0.15, 0.2) is 36.0 Å². The van der Waals surface area contributed by atoms with E-state index in [2.05, 4.69) is 22.5 Å². The van der Waals surface area contributed by atoms with Crippen LogP contribution in [0.2, 0.25) is 0 Å². The fourth-order valence-electron chi connectivity index (χ4n) is 10.1. The van der Waals surface area contributed by atoms with E-state index in [-0.39, 0.29) is 55.5 Å². The number of carbonyl (C=O) groups excluding carboxylic acids is 5. The summed E-state index contributed by atoms with van der Waals surface area (Å²) in [6.45, 7) is 13.1. The summed E-state index contributed by atoms with van der Waals surface area (Å²) in [6, 6.07) is -1.17. The number of carbonyl (C=O) groups is 5. The molecule has 0 aromatic carbocycles. The van der Waals surface area contributed by atoms with Crippen LogP contribution in [0.5, 0.6) is 0 Å². The number of aliphatic hydroxyl groups excluding tert-OH is 1. The molecule has 15 heteroatoms. The number of nitrogens with zero attached hydrogens (tertiary/aromatic N) is 1. The lowest BCUT2D eigenvalue weighted by Crippen LogP contribution is -2.64. The Morgan fingerprint density at radius 2 is 1.64 bits per heavy atom. The summed E-state index contributed by atoms with van der Waals surface area (Å²) in [5.74, 6) is -8.20. The highest BCUT2D eigenvalue weighted by Crippen LogP contribution is 2.39. The summed E-state index contributed by atoms with van der Waals surface area (Å²) < 4.78 is 36.0. The SMILES string of the molecule is C=CCC1/C=C(\C)C[C@H](C)C[C@H](OC)[C@@H]2OC(O)(C(=O)C(=O)N3CCCCC3C(=O)O[C@H](/C(C)=C/C3CC[C@@H](OC(=O)CCCCBr)C(OC)C3)[C@H](C)[C@@H](O)CC1=O)C(C)CC2OC. The van der Waals surface area contributed by atoms with Crippen molar-refractivity contribution in [1.29, 1.82) is 0 Å². The molecule has 2 N–H and O–H groups in total. The number of alkyl halides is 1. The number of unbranched alkanes of at least 4 members (excludes halogenated alkanes) is 1. The molecule has 4 rings (SSSR count). The maximum Gasteiger partial charge on any atom is 0.329 e. The van der Waals surface area contributed by atoms with Gasteiger partial charge in [0.2, 0.25) is 5.79 Å². The van der Waals surface area contributed by atoms with Crippen molar-refractivity contribution >= 4 is 45.3 Å². The largest absolute Gasteiger partial charge is 0.460 e. The number of esters is 2. The number of rotatable bonds is 12. The Morgan fingerprint density at radius 3 is 2.30 bits per heavy atom. The van der Waals surface area contributed by atoms with E-state index in [0.717, 1.165) is 23.7 Å². The first-order valence-corrected chi connectivity index (χ1v) is 24.5. The second kappa shape index (κ2) is 25.4. The third-order valence-corrected chi connectivity index (χ3v) is 14.5. The van der Waals surface area contributed by atoms with E-state index in [4.69, 9.17) is 28.4 Å². The minimum absolute atomic E-state index is 0.00247. The Labute approximate surface area is 389 Å². The molecule has 64 heavy (non-hydrogen) atoms. The first-order chi connectivity index (χ1) is 30.4. The molecule has 2 bridgehead atoms. The summed E-state index contributed by atoms with van der Waals surface area (Å²) in [4.78, 5) is 71.0. The third-order valence-electron chi connectivity index (χ3n) is 13.9. The molecule has 0 radical (unpaired) electrons. The summed E-state index contributed by atoms with van der Waals surface area (Å²) in [6.07, 6.45) is 6.86. The van der Waals surface area contributed by atoms with Crippen LogP contribution in [0.25, 0.3) is 0 Å². The van der Waals surface area contributed by atoms with Crippen molar-refractivity contribution in [3.05, 3.63) is 36.0 Å². The Kier molecular flexibility index (Phi) is 21.3. The summed E-state index contributed by atoms with van der Waals surface area (Å²) in [7, 11) is 4.64. The van der Waals surface area contributed by atoms with Crippen LogP contribution in [0.1, 0.15) is 125 Å². The Hall–Kier alpha value is -2.79. The predicted octanol–water partition coefficient (Wildman–Crippen LogP) is 6.76. The molecule has 1 saturated carbocycles. The highest BCUT2D eigenvalue weighted by atomic mass is 79.9. The lowest BCUT2D eigenvalue weighted by molar-refractivity contribution is -0.302. The van der Waals surface area contributed by atoms with E-state index in [0.29, 0.717) is 63.4 Å². The average Bonchev–Trinajstić information content (AvgIpc) is 3.27. The van der Waals surface area contributed by atoms with Crippen molar-refractivity contribution in [2.45, 2.75) is 179 Å². The van der Waals surface area contributed by atoms with Crippen molar-refractivity contribution in [3.63, 3.8) is 0 Å². The van der Waals surface area contributed by atoms with E-state index >= 15 is 0 Å². The maximum atomic E-state index is 14.5. The molecule has 1 aliphatic carbocycles. The van der Waals surface area contributed by atoms with E-state index in [1.54, 1.807) is 27.0 Å². The molecule has 3 fully saturated rings. The predicted molar refractivity (Wildman–Crippen MR) is 244 cm³/mol. The van der Waals surface area contributed by atoms with Crippen molar-refractivity contribution in [2.24, 2.45) is 29.6 Å². The molecule has 7 unspecified atom stereocenters. The number of ether oxygens (including phenoxy) is 6. The molecule has 3 aliphatic heterocycles. The van der Waals surface area contributed by atoms with Gasteiger partial charge in [0.05, 0.1) is 24.4 Å². The van der Waals surface area contributed by atoms with Gasteiger partial charge in [0, 0.05) is 63.8 Å². The fraction of sp³-hybridized carbons (Fsp3) is 0.776. The number of allylic oxidation sites excluding steroid dienone is 4. The van der Waals surface area contributed by atoms with Gasteiger partial charge in [-0.2, -0.15) is 0 Å². The molecule has 0 aromatic heterocycles. The second-order valence-electron chi connectivity index (χ2n) is 18.9. The minimum atomic E-state index is -2.53. The Bertz CT molecular complexity index is 1670.